The zero-order chi connectivity index (χ0) is 15.0. The van der Waals surface area contributed by atoms with Crippen LogP contribution in [0.4, 0.5) is 0 Å². The van der Waals surface area contributed by atoms with Gasteiger partial charge in [0.1, 0.15) is 0 Å². The van der Waals surface area contributed by atoms with Gasteiger partial charge in [-0.15, -0.1) is 0 Å². The summed E-state index contributed by atoms with van der Waals surface area (Å²) in [5, 5.41) is 13.6. The van der Waals surface area contributed by atoms with Crippen LogP contribution in [0.3, 0.4) is 0 Å². The first kappa shape index (κ1) is 13.5. The number of carbonyl (C=O) groups is 1. The second kappa shape index (κ2) is 5.25. The molecule has 1 aromatic carbocycles. The van der Waals surface area contributed by atoms with Crippen LogP contribution in [0.2, 0.25) is 0 Å². The molecule has 2 aliphatic rings. The first-order chi connectivity index (χ1) is 10.8. The molecule has 0 radical (unpaired) electrons. The molecule has 1 amide bonds. The predicted octanol–water partition coefficient (Wildman–Crippen LogP) is 2.09. The number of hydrogen-bond acceptors (Lipinski definition) is 3. The third-order valence-corrected chi connectivity index (χ3v) is 5.09. The molecule has 1 saturated carbocycles. The summed E-state index contributed by atoms with van der Waals surface area (Å²) in [6.07, 6.45) is 8.11. The van der Waals surface area contributed by atoms with E-state index in [1.165, 1.54) is 12.8 Å². The van der Waals surface area contributed by atoms with Crippen LogP contribution in [0.25, 0.3) is 11.1 Å². The molecule has 2 aromatic rings. The molecule has 5 nitrogen and oxygen atoms in total. The lowest BCUT2D eigenvalue weighted by Gasteiger charge is -2.30. The minimum atomic E-state index is -0.0275. The number of rotatable bonds is 3. The van der Waals surface area contributed by atoms with Crippen molar-refractivity contribution >= 4 is 5.91 Å². The first-order valence-electron chi connectivity index (χ1n) is 7.92. The summed E-state index contributed by atoms with van der Waals surface area (Å²) in [5.74, 6) is 0.0364. The highest BCUT2D eigenvalue weighted by atomic mass is 16.1. The van der Waals surface area contributed by atoms with Crippen LogP contribution in [0.5, 0.6) is 0 Å². The second-order valence-electron chi connectivity index (χ2n) is 6.32. The Hall–Kier alpha value is -2.14. The summed E-state index contributed by atoms with van der Waals surface area (Å²) in [4.78, 5) is 12.6. The number of nitrogens with zero attached hydrogens (tertiary/aromatic N) is 1. The number of aromatic nitrogens is 2. The molecule has 0 spiro atoms. The average Bonchev–Trinajstić information content (AvgIpc) is 3.23. The van der Waals surface area contributed by atoms with E-state index in [-0.39, 0.29) is 11.4 Å². The van der Waals surface area contributed by atoms with Gasteiger partial charge in [-0.2, -0.15) is 5.10 Å². The monoisotopic (exact) mass is 296 g/mol. The predicted molar refractivity (Wildman–Crippen MR) is 84.5 cm³/mol. The highest BCUT2D eigenvalue weighted by Gasteiger charge is 2.47. The van der Waals surface area contributed by atoms with Crippen LogP contribution in [0, 0.1) is 0 Å². The van der Waals surface area contributed by atoms with Gasteiger partial charge in [0.2, 0.25) is 0 Å². The zero-order valence-electron chi connectivity index (χ0n) is 12.4. The van der Waals surface area contributed by atoms with Crippen molar-refractivity contribution in [3.05, 3.63) is 42.2 Å². The fourth-order valence-electron chi connectivity index (χ4n) is 3.87. The number of nitrogens with one attached hydrogen (secondary N) is 3. The van der Waals surface area contributed by atoms with Crippen molar-refractivity contribution in [3.8, 4) is 11.1 Å². The van der Waals surface area contributed by atoms with Gasteiger partial charge in [-0.05, 0) is 49.9 Å². The fourth-order valence-corrected chi connectivity index (χ4v) is 3.87. The van der Waals surface area contributed by atoms with Gasteiger partial charge in [0.25, 0.3) is 5.91 Å². The Morgan fingerprint density at radius 2 is 2.09 bits per heavy atom. The smallest absolute Gasteiger partial charge is 0.251 e. The van der Waals surface area contributed by atoms with E-state index in [0.29, 0.717) is 6.04 Å². The minimum Gasteiger partial charge on any atom is -0.345 e. The Labute approximate surface area is 129 Å². The van der Waals surface area contributed by atoms with E-state index in [4.69, 9.17) is 0 Å². The number of benzene rings is 1. The van der Waals surface area contributed by atoms with Gasteiger partial charge < -0.3 is 10.6 Å². The molecule has 0 bridgehead atoms. The third-order valence-electron chi connectivity index (χ3n) is 5.09. The highest BCUT2D eigenvalue weighted by Crippen LogP contribution is 2.36. The Morgan fingerprint density at radius 3 is 2.86 bits per heavy atom. The number of amides is 1. The molecule has 1 aliphatic carbocycles. The number of aromatic amines is 1. The Bertz CT molecular complexity index is 652. The van der Waals surface area contributed by atoms with Gasteiger partial charge in [-0.3, -0.25) is 9.89 Å². The zero-order valence-corrected chi connectivity index (χ0v) is 12.4. The standard InChI is InChI=1S/C17H20N4O/c22-16(21-17-7-1-2-15(17)18-9-8-17)13-5-3-12(4-6-13)14-10-19-20-11-14/h3-6,10-11,15,18H,1-2,7-9H2,(H,19,20)(H,21,22). The molecule has 1 aromatic heterocycles. The molecule has 1 aliphatic heterocycles. The molecule has 4 rings (SSSR count). The van der Waals surface area contributed by atoms with Crippen LogP contribution < -0.4 is 10.6 Å². The van der Waals surface area contributed by atoms with E-state index >= 15 is 0 Å². The van der Waals surface area contributed by atoms with E-state index < -0.39 is 0 Å². The maximum Gasteiger partial charge on any atom is 0.251 e. The molecular formula is C17H20N4O. The van der Waals surface area contributed by atoms with Gasteiger partial charge in [-0.1, -0.05) is 12.1 Å². The first-order valence-corrected chi connectivity index (χ1v) is 7.92. The molecule has 2 atom stereocenters. The number of H-pyrrole nitrogens is 1. The van der Waals surface area contributed by atoms with Crippen molar-refractivity contribution in [1.29, 1.82) is 0 Å². The molecule has 2 heterocycles. The van der Waals surface area contributed by atoms with Crippen molar-refractivity contribution in [2.45, 2.75) is 37.3 Å². The minimum absolute atomic E-state index is 0.0275. The summed E-state index contributed by atoms with van der Waals surface area (Å²) >= 11 is 0. The lowest BCUT2D eigenvalue weighted by molar-refractivity contribution is 0.0898. The van der Waals surface area contributed by atoms with E-state index in [1.807, 2.05) is 30.5 Å². The van der Waals surface area contributed by atoms with E-state index in [9.17, 15) is 4.79 Å². The Morgan fingerprint density at radius 1 is 1.23 bits per heavy atom. The SMILES string of the molecule is O=C(NC12CCCC1NCC2)c1ccc(-c2cn[nH]c2)cc1. The topological polar surface area (TPSA) is 69.8 Å². The summed E-state index contributed by atoms with van der Waals surface area (Å²) in [7, 11) is 0. The lowest BCUT2D eigenvalue weighted by atomic mass is 9.92. The molecule has 22 heavy (non-hydrogen) atoms. The van der Waals surface area contributed by atoms with E-state index in [1.54, 1.807) is 6.20 Å². The molecule has 1 saturated heterocycles. The molecular weight excluding hydrogens is 276 g/mol. The summed E-state index contributed by atoms with van der Waals surface area (Å²) in [5.41, 5.74) is 2.78. The Kier molecular flexibility index (Phi) is 3.22. The maximum atomic E-state index is 12.6. The van der Waals surface area contributed by atoms with Gasteiger partial charge >= 0.3 is 0 Å². The van der Waals surface area contributed by atoms with Crippen LogP contribution >= 0.6 is 0 Å². The normalized spacial score (nSPS) is 26.8. The number of carbonyl (C=O) groups excluding carboxylic acids is 1. The van der Waals surface area contributed by atoms with E-state index in [2.05, 4.69) is 20.8 Å². The van der Waals surface area contributed by atoms with Gasteiger partial charge in [-0.25, -0.2) is 0 Å². The average molecular weight is 296 g/mol. The van der Waals surface area contributed by atoms with Crippen molar-refractivity contribution in [1.82, 2.24) is 20.8 Å². The maximum absolute atomic E-state index is 12.6. The van der Waals surface area contributed by atoms with Crippen molar-refractivity contribution in [2.75, 3.05) is 6.54 Å². The highest BCUT2D eigenvalue weighted by molar-refractivity contribution is 5.95. The van der Waals surface area contributed by atoms with Gasteiger partial charge in [0.15, 0.2) is 0 Å². The third kappa shape index (κ3) is 2.22. The van der Waals surface area contributed by atoms with Crippen LogP contribution in [0.15, 0.2) is 36.7 Å². The largest absolute Gasteiger partial charge is 0.345 e. The molecule has 2 fully saturated rings. The van der Waals surface area contributed by atoms with Crippen molar-refractivity contribution in [3.63, 3.8) is 0 Å². The van der Waals surface area contributed by atoms with Gasteiger partial charge in [0.05, 0.1) is 11.7 Å². The molecule has 5 heteroatoms. The number of hydrogen-bond donors (Lipinski definition) is 3. The summed E-state index contributed by atoms with van der Waals surface area (Å²) in [6, 6.07) is 8.16. The Balaban J connectivity index is 1.51. The van der Waals surface area contributed by atoms with Crippen LogP contribution in [0.1, 0.15) is 36.0 Å². The van der Waals surface area contributed by atoms with Gasteiger partial charge in [0, 0.05) is 23.4 Å². The summed E-state index contributed by atoms with van der Waals surface area (Å²) in [6.45, 7) is 1.00. The van der Waals surface area contributed by atoms with Crippen LogP contribution in [-0.2, 0) is 0 Å². The van der Waals surface area contributed by atoms with Crippen molar-refractivity contribution in [2.24, 2.45) is 0 Å². The van der Waals surface area contributed by atoms with Crippen LogP contribution in [-0.4, -0.2) is 34.2 Å². The fraction of sp³-hybridized carbons (Fsp3) is 0.412. The number of fused-ring (bicyclic) bond motifs is 1. The molecule has 2 unspecified atom stereocenters. The lowest BCUT2D eigenvalue weighted by Crippen LogP contribution is -2.52. The second-order valence-corrected chi connectivity index (χ2v) is 6.32. The van der Waals surface area contributed by atoms with E-state index in [0.717, 1.165) is 36.1 Å². The molecule has 114 valence electrons. The quantitative estimate of drug-likeness (QED) is 0.812. The summed E-state index contributed by atoms with van der Waals surface area (Å²) < 4.78 is 0. The molecule has 3 N–H and O–H groups in total. The van der Waals surface area contributed by atoms with Crippen molar-refractivity contribution < 1.29 is 4.79 Å².